The molecule has 4 heteroatoms. The van der Waals surface area contributed by atoms with Crippen molar-refractivity contribution < 1.29 is 13.9 Å². The van der Waals surface area contributed by atoms with Crippen LogP contribution in [0.2, 0.25) is 5.02 Å². The summed E-state index contributed by atoms with van der Waals surface area (Å²) in [6.45, 7) is 1.34. The highest BCUT2D eigenvalue weighted by molar-refractivity contribution is 6.30. The molecule has 1 aromatic carbocycles. The lowest BCUT2D eigenvalue weighted by Crippen LogP contribution is -1.99. The Bertz CT molecular complexity index is 305. The summed E-state index contributed by atoms with van der Waals surface area (Å²) in [4.78, 5) is 10.4. The van der Waals surface area contributed by atoms with E-state index in [2.05, 4.69) is 4.74 Å². The second kappa shape index (κ2) is 4.23. The van der Waals surface area contributed by atoms with Crippen LogP contribution >= 0.6 is 11.6 Å². The molecule has 0 aromatic heterocycles. The molecule has 0 spiro atoms. The molecule has 0 unspecified atom stereocenters. The molecule has 2 nitrogen and oxygen atoms in total. The van der Waals surface area contributed by atoms with Crippen molar-refractivity contribution in [2.24, 2.45) is 0 Å². The van der Waals surface area contributed by atoms with E-state index in [1.165, 1.54) is 19.1 Å². The Hall–Kier alpha value is -1.09. The molecule has 13 heavy (non-hydrogen) atoms. The molecule has 0 aliphatic carbocycles. The number of hydrogen-bond acceptors (Lipinski definition) is 2. The van der Waals surface area contributed by atoms with Gasteiger partial charge in [0.25, 0.3) is 0 Å². The first-order valence-corrected chi connectivity index (χ1v) is 4.04. The van der Waals surface area contributed by atoms with Gasteiger partial charge in [-0.2, -0.15) is 0 Å². The predicted molar refractivity (Wildman–Crippen MR) is 46.9 cm³/mol. The Balaban J connectivity index is 2.71. The molecule has 0 aliphatic heterocycles. The first-order valence-electron chi connectivity index (χ1n) is 3.66. The van der Waals surface area contributed by atoms with Crippen molar-refractivity contribution in [3.05, 3.63) is 34.6 Å². The number of carbonyl (C=O) groups is 1. The van der Waals surface area contributed by atoms with Gasteiger partial charge in [-0.05, 0) is 23.8 Å². The van der Waals surface area contributed by atoms with Crippen LogP contribution in [0.5, 0.6) is 0 Å². The molecule has 0 atom stereocenters. The van der Waals surface area contributed by atoms with E-state index in [0.29, 0.717) is 10.6 Å². The second-order valence-electron chi connectivity index (χ2n) is 2.56. The van der Waals surface area contributed by atoms with E-state index in [-0.39, 0.29) is 6.61 Å². The third kappa shape index (κ3) is 3.42. The van der Waals surface area contributed by atoms with Gasteiger partial charge in [-0.3, -0.25) is 4.79 Å². The summed E-state index contributed by atoms with van der Waals surface area (Å²) in [5.41, 5.74) is 0.542. The molecule has 0 saturated carbocycles. The fourth-order valence-corrected chi connectivity index (χ4v) is 1.12. The predicted octanol–water partition coefficient (Wildman–Crippen LogP) is 2.54. The van der Waals surface area contributed by atoms with E-state index in [9.17, 15) is 9.18 Å². The Kier molecular flexibility index (Phi) is 3.25. The Morgan fingerprint density at radius 3 is 2.77 bits per heavy atom. The van der Waals surface area contributed by atoms with Crippen LogP contribution in [0.3, 0.4) is 0 Å². The summed E-state index contributed by atoms with van der Waals surface area (Å²) in [7, 11) is 0. The third-order valence-electron chi connectivity index (χ3n) is 1.36. The van der Waals surface area contributed by atoms with Crippen molar-refractivity contribution in [3.8, 4) is 0 Å². The second-order valence-corrected chi connectivity index (χ2v) is 2.99. The summed E-state index contributed by atoms with van der Waals surface area (Å²) in [5.74, 6) is -0.838. The molecule has 0 amide bonds. The number of ether oxygens (including phenoxy) is 1. The highest BCUT2D eigenvalue weighted by atomic mass is 35.5. The maximum atomic E-state index is 12.7. The zero-order valence-electron chi connectivity index (χ0n) is 7.01. The van der Waals surface area contributed by atoms with Crippen molar-refractivity contribution in [2.45, 2.75) is 13.5 Å². The molecule has 0 aliphatic rings. The average molecular weight is 203 g/mol. The van der Waals surface area contributed by atoms with E-state index in [1.807, 2.05) is 0 Å². The Morgan fingerprint density at radius 1 is 1.54 bits per heavy atom. The smallest absolute Gasteiger partial charge is 0.302 e. The van der Waals surface area contributed by atoms with Gasteiger partial charge in [0.15, 0.2) is 0 Å². The zero-order chi connectivity index (χ0) is 9.84. The van der Waals surface area contributed by atoms with Crippen molar-refractivity contribution in [3.63, 3.8) is 0 Å². The van der Waals surface area contributed by atoms with Crippen LogP contribution in [-0.2, 0) is 16.1 Å². The maximum Gasteiger partial charge on any atom is 0.302 e. The van der Waals surface area contributed by atoms with E-state index < -0.39 is 11.8 Å². The third-order valence-corrected chi connectivity index (χ3v) is 1.58. The number of carbonyl (C=O) groups excluding carboxylic acids is 1. The lowest BCUT2D eigenvalue weighted by molar-refractivity contribution is -0.142. The molecule has 0 radical (unpaired) electrons. The summed E-state index contributed by atoms with van der Waals surface area (Å²) in [6.07, 6.45) is 0. The van der Waals surface area contributed by atoms with Crippen LogP contribution in [0, 0.1) is 5.82 Å². The van der Waals surface area contributed by atoms with Gasteiger partial charge in [-0.15, -0.1) is 0 Å². The molecule has 1 aromatic rings. The number of halogens is 2. The Labute approximate surface area is 80.3 Å². The zero-order valence-corrected chi connectivity index (χ0v) is 7.77. The molecular weight excluding hydrogens is 195 g/mol. The minimum atomic E-state index is -0.436. The minimum Gasteiger partial charge on any atom is -0.461 e. The highest BCUT2D eigenvalue weighted by Crippen LogP contribution is 2.14. The molecular formula is C9H8ClFO2. The van der Waals surface area contributed by atoms with Crippen LogP contribution in [0.25, 0.3) is 0 Å². The lowest BCUT2D eigenvalue weighted by Gasteiger charge is -2.02. The van der Waals surface area contributed by atoms with Gasteiger partial charge < -0.3 is 4.74 Å². The molecule has 0 bridgehead atoms. The maximum absolute atomic E-state index is 12.7. The van der Waals surface area contributed by atoms with E-state index in [4.69, 9.17) is 11.6 Å². The van der Waals surface area contributed by atoms with Gasteiger partial charge in [-0.1, -0.05) is 11.6 Å². The number of benzene rings is 1. The largest absolute Gasteiger partial charge is 0.461 e. The minimum absolute atomic E-state index is 0.0484. The fourth-order valence-electron chi connectivity index (χ4n) is 0.879. The van der Waals surface area contributed by atoms with Crippen LogP contribution in [0.4, 0.5) is 4.39 Å². The first kappa shape index (κ1) is 9.99. The molecule has 0 N–H and O–H groups in total. The molecule has 0 heterocycles. The molecule has 0 fully saturated rings. The van der Waals surface area contributed by atoms with Gasteiger partial charge in [0.1, 0.15) is 12.4 Å². The van der Waals surface area contributed by atoms with Gasteiger partial charge in [0.05, 0.1) is 0 Å². The van der Waals surface area contributed by atoms with Crippen molar-refractivity contribution in [2.75, 3.05) is 0 Å². The quantitative estimate of drug-likeness (QED) is 0.689. The first-order chi connectivity index (χ1) is 6.08. The van der Waals surface area contributed by atoms with Gasteiger partial charge in [-0.25, -0.2) is 4.39 Å². The lowest BCUT2D eigenvalue weighted by atomic mass is 10.2. The molecule has 0 saturated heterocycles. The summed E-state index contributed by atoms with van der Waals surface area (Å²) in [6, 6.07) is 4.02. The summed E-state index contributed by atoms with van der Waals surface area (Å²) < 4.78 is 17.4. The van der Waals surface area contributed by atoms with E-state index in [0.717, 1.165) is 0 Å². The van der Waals surface area contributed by atoms with Crippen molar-refractivity contribution >= 4 is 17.6 Å². The van der Waals surface area contributed by atoms with Crippen LogP contribution in [-0.4, -0.2) is 5.97 Å². The van der Waals surface area contributed by atoms with Gasteiger partial charge >= 0.3 is 5.97 Å². The van der Waals surface area contributed by atoms with E-state index >= 15 is 0 Å². The monoisotopic (exact) mass is 202 g/mol. The van der Waals surface area contributed by atoms with E-state index in [1.54, 1.807) is 6.07 Å². The van der Waals surface area contributed by atoms with Crippen LogP contribution in [0.15, 0.2) is 18.2 Å². The summed E-state index contributed by atoms with van der Waals surface area (Å²) >= 11 is 5.58. The normalized spacial score (nSPS) is 9.77. The van der Waals surface area contributed by atoms with Crippen LogP contribution in [0.1, 0.15) is 12.5 Å². The number of rotatable bonds is 2. The Morgan fingerprint density at radius 2 is 2.23 bits per heavy atom. The number of hydrogen-bond donors (Lipinski definition) is 0. The van der Waals surface area contributed by atoms with Gasteiger partial charge in [0, 0.05) is 11.9 Å². The topological polar surface area (TPSA) is 26.3 Å². The fraction of sp³-hybridized carbons (Fsp3) is 0.222. The standard InChI is InChI=1S/C9H8ClFO2/c1-6(12)13-5-7-2-8(10)4-9(11)3-7/h2-4H,5H2,1H3. The van der Waals surface area contributed by atoms with Crippen molar-refractivity contribution in [1.82, 2.24) is 0 Å². The SMILES string of the molecule is CC(=O)OCc1cc(F)cc(Cl)c1. The van der Waals surface area contributed by atoms with Gasteiger partial charge in [0.2, 0.25) is 0 Å². The van der Waals surface area contributed by atoms with Crippen molar-refractivity contribution in [1.29, 1.82) is 0 Å². The molecule has 1 rings (SSSR count). The highest BCUT2D eigenvalue weighted by Gasteiger charge is 2.00. The summed E-state index contributed by atoms with van der Waals surface area (Å²) in [5, 5.41) is 0.294. The van der Waals surface area contributed by atoms with Crippen LogP contribution < -0.4 is 0 Å². The number of esters is 1. The molecule has 70 valence electrons. The average Bonchev–Trinajstić information content (AvgIpc) is 1.99.